The molecular weight excluding hydrogens is 544 g/mol. The van der Waals surface area contributed by atoms with Crippen LogP contribution in [0.4, 0.5) is 23.0 Å². The molecule has 0 saturated heterocycles. The van der Waals surface area contributed by atoms with Crippen LogP contribution in [0.1, 0.15) is 10.5 Å². The summed E-state index contributed by atoms with van der Waals surface area (Å²) in [6.45, 7) is 1.55. The third kappa shape index (κ3) is 6.52. The van der Waals surface area contributed by atoms with Crippen LogP contribution in [-0.2, 0) is 7.05 Å². The molecule has 0 spiro atoms. The van der Waals surface area contributed by atoms with E-state index >= 15 is 0 Å². The number of amides is 1. The molecule has 3 aromatic heterocycles. The third-order valence-corrected chi connectivity index (χ3v) is 7.14. The Hall–Kier alpha value is -5.16. The molecule has 222 valence electrons. The normalized spacial score (nSPS) is 11.0. The van der Waals surface area contributed by atoms with Gasteiger partial charge in [-0.1, -0.05) is 18.2 Å². The monoisotopic (exact) mass is 580 g/mol. The number of benzene rings is 2. The fraction of sp³-hybridized carbons (Fsp3) is 0.250. The average molecular weight is 581 g/mol. The number of carbonyl (C=O) groups excluding carboxylic acids is 1. The zero-order valence-electron chi connectivity index (χ0n) is 25.3. The van der Waals surface area contributed by atoms with Crippen LogP contribution in [-0.4, -0.2) is 78.8 Å². The average Bonchev–Trinajstić information content (AvgIpc) is 3.36. The number of anilines is 4. The number of fused-ring (bicyclic) bond motifs is 1. The fourth-order valence-electron chi connectivity index (χ4n) is 4.78. The second kappa shape index (κ2) is 12.8. The summed E-state index contributed by atoms with van der Waals surface area (Å²) in [6, 6.07) is 17.1. The molecule has 0 radical (unpaired) electrons. The highest BCUT2D eigenvalue weighted by atomic mass is 16.5. The minimum Gasteiger partial charge on any atom is -0.495 e. The van der Waals surface area contributed by atoms with Crippen LogP contribution >= 0.6 is 0 Å². The fourth-order valence-corrected chi connectivity index (χ4v) is 4.78. The van der Waals surface area contributed by atoms with Gasteiger partial charge in [0.1, 0.15) is 17.2 Å². The number of ether oxygens (including phenoxy) is 2. The van der Waals surface area contributed by atoms with E-state index in [4.69, 9.17) is 14.5 Å². The van der Waals surface area contributed by atoms with Gasteiger partial charge in [-0.25, -0.2) is 15.0 Å². The molecule has 0 aliphatic rings. The topological polar surface area (TPSA) is 110 Å². The first-order chi connectivity index (χ1) is 20.8. The zero-order valence-corrected chi connectivity index (χ0v) is 25.3. The Bertz CT molecular complexity index is 1730. The molecule has 2 N–H and O–H groups in total. The van der Waals surface area contributed by atoms with E-state index in [1.165, 1.54) is 6.20 Å². The quantitative estimate of drug-likeness (QED) is 0.222. The summed E-state index contributed by atoms with van der Waals surface area (Å²) in [5.74, 6) is 1.19. The third-order valence-electron chi connectivity index (χ3n) is 7.14. The maximum atomic E-state index is 13.3. The van der Waals surface area contributed by atoms with Crippen molar-refractivity contribution in [2.24, 2.45) is 7.05 Å². The van der Waals surface area contributed by atoms with Crippen LogP contribution in [0.2, 0.25) is 0 Å². The lowest BCUT2D eigenvalue weighted by molar-refractivity contribution is 0.102. The highest BCUT2D eigenvalue weighted by Gasteiger charge is 2.19. The Morgan fingerprint density at radius 1 is 0.953 bits per heavy atom. The van der Waals surface area contributed by atoms with Gasteiger partial charge in [-0.15, -0.1) is 0 Å². The van der Waals surface area contributed by atoms with Crippen LogP contribution < -0.4 is 25.0 Å². The first kappa shape index (κ1) is 29.3. The second-order valence-corrected chi connectivity index (χ2v) is 10.4. The molecule has 0 bridgehead atoms. The van der Waals surface area contributed by atoms with E-state index in [1.807, 2.05) is 58.5 Å². The maximum absolute atomic E-state index is 13.3. The Morgan fingerprint density at radius 3 is 2.49 bits per heavy atom. The van der Waals surface area contributed by atoms with E-state index < -0.39 is 0 Å². The number of aryl methyl sites for hydroxylation is 1. The van der Waals surface area contributed by atoms with Crippen LogP contribution in [0.5, 0.6) is 11.5 Å². The molecule has 11 heteroatoms. The number of para-hydroxylation sites is 1. The van der Waals surface area contributed by atoms with E-state index in [1.54, 1.807) is 32.5 Å². The minimum atomic E-state index is -0.352. The predicted octanol–water partition coefficient (Wildman–Crippen LogP) is 5.04. The Labute approximate surface area is 251 Å². The zero-order chi connectivity index (χ0) is 30.5. The first-order valence-electron chi connectivity index (χ1n) is 13.8. The summed E-state index contributed by atoms with van der Waals surface area (Å²) >= 11 is 0. The van der Waals surface area contributed by atoms with Gasteiger partial charge in [0, 0.05) is 62.1 Å². The van der Waals surface area contributed by atoms with Gasteiger partial charge in [-0.3, -0.25) is 4.79 Å². The molecular formula is C32H36N8O3. The standard InChI is InChI=1S/C32H36N8O3/c1-38(2)15-16-39(3)29-18-30(43-6)27(17-26(29)35-31(41)25-12-11-21(42-5)19-34-25)37-32-33-14-13-24(36-32)23-20-40(4)28-10-8-7-9-22(23)28/h7-14,17-20H,15-16H2,1-6H3,(H,35,41)(H,33,36,37). The molecule has 0 aliphatic heterocycles. The number of nitrogens with zero attached hydrogens (tertiary/aromatic N) is 6. The number of hydrogen-bond acceptors (Lipinski definition) is 9. The molecule has 3 heterocycles. The maximum Gasteiger partial charge on any atom is 0.274 e. The highest BCUT2D eigenvalue weighted by Crippen LogP contribution is 2.38. The predicted molar refractivity (Wildman–Crippen MR) is 171 cm³/mol. The van der Waals surface area contributed by atoms with Crippen molar-refractivity contribution in [1.82, 2.24) is 24.4 Å². The number of rotatable bonds is 11. The van der Waals surface area contributed by atoms with Crippen molar-refractivity contribution in [3.8, 4) is 22.8 Å². The number of hydrogen-bond donors (Lipinski definition) is 2. The van der Waals surface area contributed by atoms with Crippen molar-refractivity contribution >= 4 is 39.8 Å². The van der Waals surface area contributed by atoms with E-state index in [2.05, 4.69) is 53.3 Å². The smallest absolute Gasteiger partial charge is 0.274 e. The van der Waals surface area contributed by atoms with Gasteiger partial charge >= 0.3 is 0 Å². The van der Waals surface area contributed by atoms with Crippen LogP contribution in [0.25, 0.3) is 22.2 Å². The van der Waals surface area contributed by atoms with E-state index in [0.29, 0.717) is 28.8 Å². The Kier molecular flexibility index (Phi) is 8.72. The number of aromatic nitrogens is 4. The van der Waals surface area contributed by atoms with Crippen molar-refractivity contribution in [3.05, 3.63) is 78.9 Å². The lowest BCUT2D eigenvalue weighted by Crippen LogP contribution is -2.29. The highest BCUT2D eigenvalue weighted by molar-refractivity contribution is 6.05. The largest absolute Gasteiger partial charge is 0.495 e. The molecule has 0 unspecified atom stereocenters. The summed E-state index contributed by atoms with van der Waals surface area (Å²) in [4.78, 5) is 31.0. The van der Waals surface area contributed by atoms with Crippen LogP contribution in [0.3, 0.4) is 0 Å². The number of likely N-dealkylation sites (N-methyl/N-ethyl adjacent to an activating group) is 2. The van der Waals surface area contributed by atoms with Gasteiger partial charge in [0.25, 0.3) is 5.91 Å². The molecule has 11 nitrogen and oxygen atoms in total. The summed E-state index contributed by atoms with van der Waals surface area (Å²) < 4.78 is 13.0. The number of nitrogens with one attached hydrogen (secondary N) is 2. The number of pyridine rings is 1. The van der Waals surface area contributed by atoms with Gasteiger partial charge in [-0.2, -0.15) is 0 Å². The first-order valence-corrected chi connectivity index (χ1v) is 13.8. The molecule has 0 saturated carbocycles. The van der Waals surface area contributed by atoms with Crippen molar-refractivity contribution in [2.45, 2.75) is 0 Å². The van der Waals surface area contributed by atoms with Gasteiger partial charge in [0.2, 0.25) is 5.95 Å². The SMILES string of the molecule is COc1ccc(C(=O)Nc2cc(Nc3nccc(-c4cn(C)c5ccccc45)n3)c(OC)cc2N(C)CCN(C)C)nc1. The molecule has 1 amide bonds. The Balaban J connectivity index is 1.50. The van der Waals surface area contributed by atoms with Gasteiger partial charge in [-0.05, 0) is 44.4 Å². The van der Waals surface area contributed by atoms with Crippen molar-refractivity contribution in [1.29, 1.82) is 0 Å². The molecule has 5 aromatic rings. The lowest BCUT2D eigenvalue weighted by atomic mass is 10.1. The molecule has 5 rings (SSSR count). The van der Waals surface area contributed by atoms with Gasteiger partial charge in [0.15, 0.2) is 0 Å². The summed E-state index contributed by atoms with van der Waals surface area (Å²) in [5, 5.41) is 7.45. The molecule has 0 fully saturated rings. The summed E-state index contributed by atoms with van der Waals surface area (Å²) in [7, 11) is 11.2. The second-order valence-electron chi connectivity index (χ2n) is 10.4. The van der Waals surface area contributed by atoms with Crippen molar-refractivity contribution < 1.29 is 14.3 Å². The van der Waals surface area contributed by atoms with Crippen molar-refractivity contribution in [3.63, 3.8) is 0 Å². The Morgan fingerprint density at radius 2 is 1.77 bits per heavy atom. The van der Waals surface area contributed by atoms with Crippen molar-refractivity contribution in [2.75, 3.05) is 64.0 Å². The van der Waals surface area contributed by atoms with E-state index in [-0.39, 0.29) is 11.6 Å². The van der Waals surface area contributed by atoms with Gasteiger partial charge in [0.05, 0.1) is 43.2 Å². The summed E-state index contributed by atoms with van der Waals surface area (Å²) in [6.07, 6.45) is 5.30. The molecule has 2 aromatic carbocycles. The summed E-state index contributed by atoms with van der Waals surface area (Å²) in [5.41, 5.74) is 5.14. The molecule has 0 atom stereocenters. The van der Waals surface area contributed by atoms with Crippen LogP contribution in [0, 0.1) is 0 Å². The number of carbonyl (C=O) groups is 1. The molecule has 43 heavy (non-hydrogen) atoms. The van der Waals surface area contributed by atoms with Gasteiger partial charge < -0.3 is 34.5 Å². The van der Waals surface area contributed by atoms with Crippen LogP contribution in [0.15, 0.2) is 73.2 Å². The lowest BCUT2D eigenvalue weighted by Gasteiger charge is -2.26. The van der Waals surface area contributed by atoms with E-state index in [0.717, 1.165) is 40.9 Å². The van der Waals surface area contributed by atoms with E-state index in [9.17, 15) is 4.79 Å². The number of methoxy groups -OCH3 is 2. The minimum absolute atomic E-state index is 0.263. The molecule has 0 aliphatic carbocycles.